The van der Waals surface area contributed by atoms with E-state index in [1.807, 2.05) is 13.8 Å². The first-order valence-electron chi connectivity index (χ1n) is 5.77. The number of anilines is 1. The summed E-state index contributed by atoms with van der Waals surface area (Å²) in [6.45, 7) is 8.07. The Labute approximate surface area is 107 Å². The average molecular weight is 250 g/mol. The van der Waals surface area contributed by atoms with Gasteiger partial charge in [-0.05, 0) is 26.0 Å². The molecule has 0 atom stereocenters. The third-order valence-corrected chi connectivity index (χ3v) is 2.71. The lowest BCUT2D eigenvalue weighted by Gasteiger charge is -2.28. The smallest absolute Gasteiger partial charge is 0.275 e. The first kappa shape index (κ1) is 14.2. The SMILES string of the molecule is C=CCN(c1ccc([N+](=O)[O-])c(CO)c1)C(C)C. The Balaban J connectivity index is 3.17. The van der Waals surface area contributed by atoms with Crippen molar-refractivity contribution in [2.24, 2.45) is 0 Å². The Hall–Kier alpha value is -1.88. The molecule has 1 aromatic rings. The van der Waals surface area contributed by atoms with Crippen molar-refractivity contribution in [1.82, 2.24) is 0 Å². The summed E-state index contributed by atoms with van der Waals surface area (Å²) in [6, 6.07) is 5.03. The van der Waals surface area contributed by atoms with Gasteiger partial charge in [-0.1, -0.05) is 6.08 Å². The van der Waals surface area contributed by atoms with Crippen LogP contribution in [-0.2, 0) is 6.61 Å². The highest BCUT2D eigenvalue weighted by atomic mass is 16.6. The van der Waals surface area contributed by atoms with E-state index in [9.17, 15) is 15.2 Å². The Bertz CT molecular complexity index is 444. The van der Waals surface area contributed by atoms with E-state index in [2.05, 4.69) is 11.5 Å². The zero-order valence-electron chi connectivity index (χ0n) is 10.7. The second-order valence-electron chi connectivity index (χ2n) is 4.26. The van der Waals surface area contributed by atoms with Crippen molar-refractivity contribution in [3.63, 3.8) is 0 Å². The molecule has 1 N–H and O–H groups in total. The fraction of sp³-hybridized carbons (Fsp3) is 0.385. The minimum Gasteiger partial charge on any atom is -0.391 e. The third kappa shape index (κ3) is 3.07. The van der Waals surface area contributed by atoms with E-state index in [1.54, 1.807) is 18.2 Å². The van der Waals surface area contributed by atoms with Crippen LogP contribution in [0.3, 0.4) is 0 Å². The number of benzene rings is 1. The van der Waals surface area contributed by atoms with Gasteiger partial charge < -0.3 is 10.0 Å². The van der Waals surface area contributed by atoms with E-state index < -0.39 is 4.92 Å². The Morgan fingerprint density at radius 3 is 2.67 bits per heavy atom. The van der Waals surface area contributed by atoms with Crippen LogP contribution in [0.4, 0.5) is 11.4 Å². The molecule has 0 aromatic heterocycles. The molecule has 5 heteroatoms. The third-order valence-electron chi connectivity index (χ3n) is 2.71. The summed E-state index contributed by atoms with van der Waals surface area (Å²) in [4.78, 5) is 12.4. The van der Waals surface area contributed by atoms with Crippen LogP contribution in [0.1, 0.15) is 19.4 Å². The number of nitrogens with zero attached hydrogens (tertiary/aromatic N) is 2. The van der Waals surface area contributed by atoms with E-state index in [1.165, 1.54) is 6.07 Å². The summed E-state index contributed by atoms with van der Waals surface area (Å²) in [6.07, 6.45) is 1.78. The summed E-state index contributed by atoms with van der Waals surface area (Å²) < 4.78 is 0. The normalized spacial score (nSPS) is 10.4. The number of aliphatic hydroxyl groups is 1. The molecular weight excluding hydrogens is 232 g/mol. The molecule has 0 spiro atoms. The lowest BCUT2D eigenvalue weighted by Crippen LogP contribution is -2.30. The van der Waals surface area contributed by atoms with Crippen molar-refractivity contribution in [3.05, 3.63) is 46.5 Å². The maximum Gasteiger partial charge on any atom is 0.275 e. The van der Waals surface area contributed by atoms with Gasteiger partial charge in [-0.2, -0.15) is 0 Å². The fourth-order valence-corrected chi connectivity index (χ4v) is 1.81. The number of hydrogen-bond donors (Lipinski definition) is 1. The molecule has 0 bridgehead atoms. The molecule has 1 rings (SSSR count). The molecule has 0 saturated heterocycles. The van der Waals surface area contributed by atoms with Crippen molar-refractivity contribution in [2.45, 2.75) is 26.5 Å². The molecule has 0 amide bonds. The highest BCUT2D eigenvalue weighted by molar-refractivity contribution is 5.56. The van der Waals surface area contributed by atoms with Gasteiger partial charge in [-0.15, -0.1) is 6.58 Å². The van der Waals surface area contributed by atoms with Gasteiger partial charge in [0.1, 0.15) is 0 Å². The van der Waals surface area contributed by atoms with Crippen LogP contribution in [0.2, 0.25) is 0 Å². The second-order valence-corrected chi connectivity index (χ2v) is 4.26. The van der Waals surface area contributed by atoms with Gasteiger partial charge in [0, 0.05) is 24.3 Å². The predicted octanol–water partition coefficient (Wildman–Crippen LogP) is 2.49. The Morgan fingerprint density at radius 2 is 2.22 bits per heavy atom. The highest BCUT2D eigenvalue weighted by Gasteiger charge is 2.16. The first-order chi connectivity index (χ1) is 8.51. The molecule has 18 heavy (non-hydrogen) atoms. The number of nitro groups is 1. The molecule has 0 heterocycles. The summed E-state index contributed by atoms with van der Waals surface area (Å²) in [5.74, 6) is 0. The zero-order chi connectivity index (χ0) is 13.7. The quantitative estimate of drug-likeness (QED) is 0.478. The molecule has 0 aliphatic carbocycles. The van der Waals surface area contributed by atoms with Crippen molar-refractivity contribution in [3.8, 4) is 0 Å². The summed E-state index contributed by atoms with van der Waals surface area (Å²) >= 11 is 0. The number of nitro benzene ring substituents is 1. The molecule has 1 aromatic carbocycles. The molecular formula is C13H18N2O3. The molecule has 0 fully saturated rings. The van der Waals surface area contributed by atoms with E-state index in [0.29, 0.717) is 12.1 Å². The van der Waals surface area contributed by atoms with Crippen LogP contribution in [0.15, 0.2) is 30.9 Å². The van der Waals surface area contributed by atoms with Gasteiger partial charge in [0.25, 0.3) is 5.69 Å². The van der Waals surface area contributed by atoms with E-state index >= 15 is 0 Å². The predicted molar refractivity (Wildman–Crippen MR) is 71.7 cm³/mol. The van der Waals surface area contributed by atoms with E-state index in [0.717, 1.165) is 5.69 Å². The number of hydrogen-bond acceptors (Lipinski definition) is 4. The van der Waals surface area contributed by atoms with Crippen molar-refractivity contribution in [2.75, 3.05) is 11.4 Å². The minimum atomic E-state index is -0.484. The van der Waals surface area contributed by atoms with Gasteiger partial charge in [-0.25, -0.2) is 0 Å². The lowest BCUT2D eigenvalue weighted by molar-refractivity contribution is -0.385. The van der Waals surface area contributed by atoms with Gasteiger partial charge >= 0.3 is 0 Å². The Kier molecular flexibility index (Phi) is 4.85. The van der Waals surface area contributed by atoms with Crippen molar-refractivity contribution < 1.29 is 10.0 Å². The first-order valence-corrected chi connectivity index (χ1v) is 5.77. The van der Waals surface area contributed by atoms with Crippen LogP contribution in [0.5, 0.6) is 0 Å². The highest BCUT2D eigenvalue weighted by Crippen LogP contribution is 2.26. The van der Waals surface area contributed by atoms with Gasteiger partial charge in [0.2, 0.25) is 0 Å². The van der Waals surface area contributed by atoms with Gasteiger partial charge in [0.15, 0.2) is 0 Å². The molecule has 0 saturated carbocycles. The van der Waals surface area contributed by atoms with Crippen LogP contribution >= 0.6 is 0 Å². The second kappa shape index (κ2) is 6.16. The van der Waals surface area contributed by atoms with E-state index in [4.69, 9.17) is 0 Å². The zero-order valence-corrected chi connectivity index (χ0v) is 10.7. The van der Waals surface area contributed by atoms with Gasteiger partial charge in [-0.3, -0.25) is 10.1 Å². The molecule has 0 unspecified atom stereocenters. The standard InChI is InChI=1S/C13H18N2O3/c1-4-7-14(10(2)3)12-5-6-13(15(17)18)11(8-12)9-16/h4-6,8,10,16H,1,7,9H2,2-3H3. The summed E-state index contributed by atoms with van der Waals surface area (Å²) in [5, 5.41) is 20.0. The van der Waals surface area contributed by atoms with Crippen molar-refractivity contribution in [1.29, 1.82) is 0 Å². The number of rotatable bonds is 6. The fourth-order valence-electron chi connectivity index (χ4n) is 1.81. The monoisotopic (exact) mass is 250 g/mol. The molecule has 0 aliphatic heterocycles. The average Bonchev–Trinajstić information content (AvgIpc) is 2.34. The molecule has 98 valence electrons. The largest absolute Gasteiger partial charge is 0.391 e. The van der Waals surface area contributed by atoms with Crippen LogP contribution in [0, 0.1) is 10.1 Å². The molecule has 0 aliphatic rings. The van der Waals surface area contributed by atoms with Crippen LogP contribution < -0.4 is 4.90 Å². The summed E-state index contributed by atoms with van der Waals surface area (Å²) in [7, 11) is 0. The topological polar surface area (TPSA) is 66.6 Å². The number of aliphatic hydroxyl groups excluding tert-OH is 1. The van der Waals surface area contributed by atoms with E-state index in [-0.39, 0.29) is 18.3 Å². The maximum atomic E-state index is 10.8. The van der Waals surface area contributed by atoms with Crippen molar-refractivity contribution >= 4 is 11.4 Å². The van der Waals surface area contributed by atoms with Crippen LogP contribution in [-0.4, -0.2) is 22.6 Å². The minimum absolute atomic E-state index is 0.0523. The molecule has 5 nitrogen and oxygen atoms in total. The molecule has 0 radical (unpaired) electrons. The van der Waals surface area contributed by atoms with Crippen LogP contribution in [0.25, 0.3) is 0 Å². The maximum absolute atomic E-state index is 10.8. The summed E-state index contributed by atoms with van der Waals surface area (Å²) in [5.41, 5.74) is 1.12. The Morgan fingerprint density at radius 1 is 1.56 bits per heavy atom. The lowest BCUT2D eigenvalue weighted by atomic mass is 10.1. The van der Waals surface area contributed by atoms with Gasteiger partial charge in [0.05, 0.1) is 17.1 Å².